The number of nitrogens with one attached hydrogen (secondary N) is 3. The Morgan fingerprint density at radius 3 is 2.25 bits per heavy atom. The molecule has 3 saturated heterocycles. The Hall–Kier alpha value is -7.25. The summed E-state index contributed by atoms with van der Waals surface area (Å²) in [6, 6.07) is 22.1. The summed E-state index contributed by atoms with van der Waals surface area (Å²) in [7, 11) is 0. The van der Waals surface area contributed by atoms with E-state index in [0.29, 0.717) is 30.8 Å². The molecule has 10 rings (SSSR count). The highest BCUT2D eigenvalue weighted by molar-refractivity contribution is 6.24. The molecule has 19 nitrogen and oxygen atoms in total. The lowest BCUT2D eigenvalue weighted by molar-refractivity contribution is -0.136. The minimum Gasteiger partial charge on any atom is -0.483 e. The molecule has 1 saturated carbocycles. The number of ether oxygens (including phenoxy) is 1. The van der Waals surface area contributed by atoms with Crippen molar-refractivity contribution in [2.75, 3.05) is 82.3 Å². The maximum atomic E-state index is 13.4. The van der Waals surface area contributed by atoms with Crippen LogP contribution in [0.5, 0.6) is 5.75 Å². The number of fused-ring (bicyclic) bond motifs is 2. The van der Waals surface area contributed by atoms with Crippen LogP contribution >= 0.6 is 0 Å². The molecule has 3 N–H and O–H groups in total. The van der Waals surface area contributed by atoms with Crippen LogP contribution in [-0.2, 0) is 25.6 Å². The maximum absolute atomic E-state index is 13.4. The first-order chi connectivity index (χ1) is 33.1. The molecule has 5 aliphatic rings. The maximum Gasteiger partial charge on any atom is 0.266 e. The summed E-state index contributed by atoms with van der Waals surface area (Å²) in [5.74, 6) is -1.82. The molecule has 1 aliphatic carbocycles. The Balaban J connectivity index is 0.624. The molecule has 4 fully saturated rings. The van der Waals surface area contributed by atoms with E-state index in [4.69, 9.17) is 4.74 Å². The van der Waals surface area contributed by atoms with Gasteiger partial charge in [0.1, 0.15) is 18.1 Å². The van der Waals surface area contributed by atoms with Crippen molar-refractivity contribution in [3.05, 3.63) is 102 Å². The zero-order chi connectivity index (χ0) is 46.7. The lowest BCUT2D eigenvalue weighted by Crippen LogP contribution is -2.54. The number of hydrogen-bond acceptors (Lipinski definition) is 14. The number of carbonyl (C=O) groups excluding carboxylic acids is 6. The third kappa shape index (κ3) is 9.48. The van der Waals surface area contributed by atoms with Crippen molar-refractivity contribution in [3.63, 3.8) is 0 Å². The Kier molecular flexibility index (Phi) is 12.8. The van der Waals surface area contributed by atoms with Gasteiger partial charge in [-0.2, -0.15) is 0 Å². The van der Waals surface area contributed by atoms with Crippen molar-refractivity contribution in [1.29, 1.82) is 0 Å². The minimum absolute atomic E-state index is 0.0267. The van der Waals surface area contributed by atoms with Gasteiger partial charge in [-0.25, -0.2) is 15.0 Å². The number of benzene rings is 3. The number of amides is 6. The molecular formula is C49H54N12O7. The number of anilines is 3. The van der Waals surface area contributed by atoms with Gasteiger partial charge in [0.05, 0.1) is 23.9 Å². The number of piperidine rings is 1. The third-order valence-electron chi connectivity index (χ3n) is 13.8. The van der Waals surface area contributed by atoms with Crippen LogP contribution < -0.4 is 25.6 Å². The van der Waals surface area contributed by atoms with Crippen LogP contribution in [0.2, 0.25) is 0 Å². The van der Waals surface area contributed by atoms with Crippen molar-refractivity contribution in [3.8, 4) is 5.75 Å². The van der Waals surface area contributed by atoms with Gasteiger partial charge in [0, 0.05) is 82.2 Å². The average Bonchev–Trinajstić information content (AvgIpc) is 3.88. The summed E-state index contributed by atoms with van der Waals surface area (Å²) in [4.78, 5) is 100. The molecule has 4 aliphatic heterocycles. The SMILES string of the molecule is O=C1CCC(N2C(=O)c3cccc(OCC(=O)N4CCN(CCCN5CCN(c6ccc(Nc7ncnc8c7ncn8C7CC(NC(=O)Cc8ccccc8)C7)cc6)CC5)CC4)c3C2=O)C(=O)N1. The minimum atomic E-state index is -1.08. The van der Waals surface area contributed by atoms with E-state index in [1.165, 1.54) is 11.8 Å². The van der Waals surface area contributed by atoms with Gasteiger partial charge in [-0.1, -0.05) is 36.4 Å². The first-order valence-corrected chi connectivity index (χ1v) is 23.5. The quantitative estimate of drug-likeness (QED) is 0.129. The molecule has 6 heterocycles. The normalized spacial score (nSPS) is 21.1. The second-order valence-electron chi connectivity index (χ2n) is 18.1. The first kappa shape index (κ1) is 44.6. The summed E-state index contributed by atoms with van der Waals surface area (Å²) in [6.45, 7) is 8.13. The van der Waals surface area contributed by atoms with Crippen molar-refractivity contribution in [2.24, 2.45) is 0 Å². The Morgan fingerprint density at radius 1 is 0.779 bits per heavy atom. The van der Waals surface area contributed by atoms with E-state index in [-0.39, 0.29) is 60.2 Å². The number of hydrogen-bond donors (Lipinski definition) is 3. The van der Waals surface area contributed by atoms with E-state index >= 15 is 0 Å². The van der Waals surface area contributed by atoms with E-state index in [2.05, 4.69) is 74.4 Å². The number of aromatic nitrogens is 4. The fourth-order valence-electron chi connectivity index (χ4n) is 9.90. The predicted molar refractivity (Wildman–Crippen MR) is 250 cm³/mol. The molecule has 68 heavy (non-hydrogen) atoms. The summed E-state index contributed by atoms with van der Waals surface area (Å²) >= 11 is 0. The number of imidazole rings is 1. The highest BCUT2D eigenvalue weighted by Gasteiger charge is 2.46. The summed E-state index contributed by atoms with van der Waals surface area (Å²) in [6.07, 6.45) is 6.53. The van der Waals surface area contributed by atoms with E-state index in [1.54, 1.807) is 23.4 Å². The van der Waals surface area contributed by atoms with E-state index in [9.17, 15) is 28.8 Å². The first-order valence-electron chi connectivity index (χ1n) is 23.5. The average molecular weight is 923 g/mol. The molecule has 5 aromatic rings. The highest BCUT2D eigenvalue weighted by Crippen LogP contribution is 2.36. The molecule has 3 aromatic carbocycles. The van der Waals surface area contributed by atoms with E-state index in [0.717, 1.165) is 93.4 Å². The molecule has 0 bridgehead atoms. The standard InChI is InChI=1S/C49H54N12O7/c62-40-15-14-38(47(65)55-40)61-48(66)37-8-4-9-39(43(37)49(61)67)68-29-42(64)59-24-20-57(21-25-59)17-5-16-56-18-22-58(23-19-56)35-12-10-33(11-13-35)54-45-44-46(51-30-50-45)60(31-52-44)36-27-34(28-36)53-41(63)26-32-6-2-1-3-7-32/h1-4,6-13,30-31,34,36,38H,5,14-29H2,(H,53,63)(H,50,51,54)(H,55,62,65). The van der Waals surface area contributed by atoms with Gasteiger partial charge in [-0.05, 0) is 80.7 Å². The van der Waals surface area contributed by atoms with E-state index < -0.39 is 29.7 Å². The van der Waals surface area contributed by atoms with Crippen LogP contribution in [0, 0.1) is 0 Å². The molecule has 19 heteroatoms. The molecule has 2 aromatic heterocycles. The zero-order valence-electron chi connectivity index (χ0n) is 37.7. The molecule has 1 unspecified atom stereocenters. The number of nitrogens with zero attached hydrogens (tertiary/aromatic N) is 9. The summed E-state index contributed by atoms with van der Waals surface area (Å²) in [5, 5.41) is 8.80. The lowest BCUT2D eigenvalue weighted by atomic mass is 9.86. The van der Waals surface area contributed by atoms with Gasteiger partial charge >= 0.3 is 0 Å². The molecule has 0 spiro atoms. The van der Waals surface area contributed by atoms with E-state index in [1.807, 2.05) is 36.7 Å². The predicted octanol–water partition coefficient (Wildman–Crippen LogP) is 2.77. The zero-order valence-corrected chi connectivity index (χ0v) is 37.7. The van der Waals surface area contributed by atoms with Gasteiger partial charge in [-0.3, -0.25) is 48.8 Å². The second-order valence-corrected chi connectivity index (χ2v) is 18.1. The number of carbonyl (C=O) groups is 6. The molecule has 6 amide bonds. The molecule has 352 valence electrons. The van der Waals surface area contributed by atoms with Crippen LogP contribution in [0.4, 0.5) is 17.2 Å². The van der Waals surface area contributed by atoms with Gasteiger partial charge in [0.15, 0.2) is 23.6 Å². The third-order valence-corrected chi connectivity index (χ3v) is 13.8. The number of piperazine rings is 2. The second kappa shape index (κ2) is 19.5. The molecule has 1 atom stereocenters. The molecular weight excluding hydrogens is 869 g/mol. The number of imide groups is 2. The lowest BCUT2D eigenvalue weighted by Gasteiger charge is -2.37. The number of rotatable bonds is 15. The largest absolute Gasteiger partial charge is 0.483 e. The van der Waals surface area contributed by atoms with Crippen molar-refractivity contribution >= 4 is 63.8 Å². The van der Waals surface area contributed by atoms with Gasteiger partial charge < -0.3 is 29.7 Å². The van der Waals surface area contributed by atoms with Crippen molar-refractivity contribution in [1.82, 2.24) is 49.8 Å². The van der Waals surface area contributed by atoms with Gasteiger partial charge in [0.25, 0.3) is 17.7 Å². The van der Waals surface area contributed by atoms with Crippen LogP contribution in [0.1, 0.15) is 64.4 Å². The van der Waals surface area contributed by atoms with Crippen LogP contribution in [-0.4, -0.2) is 159 Å². The Labute approximate surface area is 392 Å². The van der Waals surface area contributed by atoms with Gasteiger partial charge in [0.2, 0.25) is 17.7 Å². The topological polar surface area (TPSA) is 208 Å². The monoisotopic (exact) mass is 922 g/mol. The fraction of sp³-hybridized carbons (Fsp3) is 0.408. The highest BCUT2D eigenvalue weighted by atomic mass is 16.5. The molecule has 0 radical (unpaired) electrons. The fourth-order valence-corrected chi connectivity index (χ4v) is 9.90. The van der Waals surface area contributed by atoms with Crippen molar-refractivity contribution < 1.29 is 33.5 Å². The van der Waals surface area contributed by atoms with Crippen molar-refractivity contribution in [2.45, 2.75) is 56.7 Å². The van der Waals surface area contributed by atoms with Gasteiger partial charge in [-0.15, -0.1) is 0 Å². The summed E-state index contributed by atoms with van der Waals surface area (Å²) in [5.41, 5.74) is 4.71. The smallest absolute Gasteiger partial charge is 0.266 e. The Morgan fingerprint density at radius 2 is 1.51 bits per heavy atom. The van der Waals surface area contributed by atoms with Crippen LogP contribution in [0.25, 0.3) is 11.2 Å². The van der Waals surface area contributed by atoms with Crippen LogP contribution in [0.15, 0.2) is 85.5 Å². The summed E-state index contributed by atoms with van der Waals surface area (Å²) < 4.78 is 7.93. The Bertz CT molecular complexity index is 2710. The van der Waals surface area contributed by atoms with Crippen LogP contribution in [0.3, 0.4) is 0 Å².